The van der Waals surface area contributed by atoms with Crippen LogP contribution in [-0.4, -0.2) is 42.7 Å². The monoisotopic (exact) mass is 237 g/mol. The van der Waals surface area contributed by atoms with Gasteiger partial charge in [-0.15, -0.1) is 0 Å². The van der Waals surface area contributed by atoms with Gasteiger partial charge in [0, 0.05) is 13.6 Å². The van der Waals surface area contributed by atoms with Crippen molar-refractivity contribution in [3.05, 3.63) is 29.8 Å². The number of amides is 1. The first-order valence-electron chi connectivity index (χ1n) is 5.74. The van der Waals surface area contributed by atoms with Crippen LogP contribution in [0.1, 0.15) is 12.5 Å². The van der Waals surface area contributed by atoms with Gasteiger partial charge in [0.1, 0.15) is 5.75 Å². The van der Waals surface area contributed by atoms with Gasteiger partial charge in [0.2, 0.25) is 0 Å². The number of carbonyl (C=O) groups is 1. The first-order chi connectivity index (χ1) is 8.19. The number of benzene rings is 1. The first kappa shape index (κ1) is 13.5. The minimum absolute atomic E-state index is 0.00745. The summed E-state index contributed by atoms with van der Waals surface area (Å²) >= 11 is 0. The molecule has 1 rings (SSSR count). The van der Waals surface area contributed by atoms with Gasteiger partial charge in [-0.2, -0.15) is 0 Å². The van der Waals surface area contributed by atoms with Gasteiger partial charge >= 0.3 is 0 Å². The van der Waals surface area contributed by atoms with Gasteiger partial charge in [-0.25, -0.2) is 0 Å². The summed E-state index contributed by atoms with van der Waals surface area (Å²) in [7, 11) is 1.65. The van der Waals surface area contributed by atoms with Crippen molar-refractivity contribution >= 4 is 5.91 Å². The molecule has 0 aromatic heterocycles. The Morgan fingerprint density at radius 1 is 1.41 bits per heavy atom. The normalized spacial score (nSPS) is 10.1. The third kappa shape index (κ3) is 4.07. The molecule has 0 bridgehead atoms. The lowest BCUT2D eigenvalue weighted by atomic mass is 10.1. The summed E-state index contributed by atoms with van der Waals surface area (Å²) in [6.07, 6.45) is 0.872. The fraction of sp³-hybridized carbons (Fsp3) is 0.462. The Hall–Kier alpha value is -1.55. The van der Waals surface area contributed by atoms with Gasteiger partial charge in [-0.1, -0.05) is 25.1 Å². The predicted octanol–water partition coefficient (Wildman–Crippen LogP) is 1.08. The van der Waals surface area contributed by atoms with Crippen molar-refractivity contribution in [1.82, 2.24) is 4.90 Å². The number of rotatable bonds is 6. The predicted molar refractivity (Wildman–Crippen MR) is 66.0 cm³/mol. The Balaban J connectivity index is 2.52. The Kier molecular flexibility index (Phi) is 5.49. The molecule has 4 heteroatoms. The highest BCUT2D eigenvalue weighted by molar-refractivity contribution is 5.77. The van der Waals surface area contributed by atoms with Crippen LogP contribution < -0.4 is 4.74 Å². The van der Waals surface area contributed by atoms with Gasteiger partial charge in [0.15, 0.2) is 6.61 Å². The molecule has 0 aliphatic rings. The molecule has 0 saturated heterocycles. The Morgan fingerprint density at radius 3 is 2.76 bits per heavy atom. The Morgan fingerprint density at radius 2 is 2.12 bits per heavy atom. The zero-order valence-corrected chi connectivity index (χ0v) is 10.3. The van der Waals surface area contributed by atoms with Gasteiger partial charge in [0.05, 0.1) is 6.61 Å². The third-order valence-electron chi connectivity index (χ3n) is 2.57. The molecule has 17 heavy (non-hydrogen) atoms. The fourth-order valence-electron chi connectivity index (χ4n) is 1.46. The number of hydrogen-bond acceptors (Lipinski definition) is 3. The van der Waals surface area contributed by atoms with Gasteiger partial charge in [-0.05, 0) is 18.1 Å². The van der Waals surface area contributed by atoms with Crippen LogP contribution in [0.15, 0.2) is 24.3 Å². The molecule has 1 aromatic rings. The molecule has 0 aliphatic carbocycles. The van der Waals surface area contributed by atoms with Gasteiger partial charge in [-0.3, -0.25) is 4.79 Å². The lowest BCUT2D eigenvalue weighted by Crippen LogP contribution is -2.33. The first-order valence-corrected chi connectivity index (χ1v) is 5.74. The van der Waals surface area contributed by atoms with Crippen molar-refractivity contribution in [2.45, 2.75) is 13.3 Å². The fourth-order valence-corrected chi connectivity index (χ4v) is 1.46. The topological polar surface area (TPSA) is 49.8 Å². The van der Waals surface area contributed by atoms with E-state index in [0.717, 1.165) is 17.7 Å². The number of aryl methyl sites for hydroxylation is 1. The number of carbonyl (C=O) groups excluding carboxylic acids is 1. The SMILES string of the molecule is CCc1ccccc1OCC(=O)N(C)CCO. The maximum absolute atomic E-state index is 11.6. The summed E-state index contributed by atoms with van der Waals surface area (Å²) in [6, 6.07) is 7.68. The minimum atomic E-state index is -0.134. The summed E-state index contributed by atoms with van der Waals surface area (Å²) in [4.78, 5) is 13.0. The van der Waals surface area contributed by atoms with E-state index in [4.69, 9.17) is 9.84 Å². The van der Waals surface area contributed by atoms with Crippen LogP contribution in [-0.2, 0) is 11.2 Å². The van der Waals surface area contributed by atoms with E-state index in [2.05, 4.69) is 0 Å². The summed E-state index contributed by atoms with van der Waals surface area (Å²) in [5.41, 5.74) is 1.09. The molecular weight excluding hydrogens is 218 g/mol. The molecule has 94 valence electrons. The molecule has 0 atom stereocenters. The maximum Gasteiger partial charge on any atom is 0.260 e. The number of nitrogens with zero attached hydrogens (tertiary/aromatic N) is 1. The van der Waals surface area contributed by atoms with Crippen molar-refractivity contribution in [1.29, 1.82) is 0 Å². The van der Waals surface area contributed by atoms with Crippen LogP contribution in [0, 0.1) is 0 Å². The Labute approximate surface area is 102 Å². The van der Waals surface area contributed by atoms with Gasteiger partial charge < -0.3 is 14.7 Å². The average molecular weight is 237 g/mol. The molecule has 0 fully saturated rings. The van der Waals surface area contributed by atoms with Gasteiger partial charge in [0.25, 0.3) is 5.91 Å². The summed E-state index contributed by atoms with van der Waals surface area (Å²) < 4.78 is 5.48. The third-order valence-corrected chi connectivity index (χ3v) is 2.57. The second-order valence-electron chi connectivity index (χ2n) is 3.79. The molecule has 0 unspecified atom stereocenters. The van der Waals surface area contributed by atoms with Crippen LogP contribution in [0.4, 0.5) is 0 Å². The van der Waals surface area contributed by atoms with E-state index in [1.54, 1.807) is 7.05 Å². The molecular formula is C13H19NO3. The van der Waals surface area contributed by atoms with Crippen molar-refractivity contribution in [2.75, 3.05) is 26.8 Å². The highest BCUT2D eigenvalue weighted by Crippen LogP contribution is 2.18. The zero-order chi connectivity index (χ0) is 12.7. The standard InChI is InChI=1S/C13H19NO3/c1-3-11-6-4-5-7-12(11)17-10-13(16)14(2)8-9-15/h4-7,15H,3,8-10H2,1-2H3. The van der Waals surface area contributed by atoms with Crippen molar-refractivity contribution in [2.24, 2.45) is 0 Å². The van der Waals surface area contributed by atoms with E-state index in [1.807, 2.05) is 31.2 Å². The van der Waals surface area contributed by atoms with Crippen LogP contribution in [0.25, 0.3) is 0 Å². The minimum Gasteiger partial charge on any atom is -0.483 e. The number of ether oxygens (including phenoxy) is 1. The number of likely N-dealkylation sites (N-methyl/N-ethyl adjacent to an activating group) is 1. The highest BCUT2D eigenvalue weighted by atomic mass is 16.5. The van der Waals surface area contributed by atoms with E-state index in [-0.39, 0.29) is 19.1 Å². The molecule has 1 aromatic carbocycles. The van der Waals surface area contributed by atoms with E-state index in [0.29, 0.717) is 6.54 Å². The molecule has 0 spiro atoms. The number of hydrogen-bond donors (Lipinski definition) is 1. The molecule has 0 aliphatic heterocycles. The highest BCUT2D eigenvalue weighted by Gasteiger charge is 2.09. The lowest BCUT2D eigenvalue weighted by Gasteiger charge is -2.16. The largest absolute Gasteiger partial charge is 0.483 e. The smallest absolute Gasteiger partial charge is 0.260 e. The summed E-state index contributed by atoms with van der Waals surface area (Å²) in [6.45, 7) is 2.35. The second kappa shape index (κ2) is 6.91. The number of aliphatic hydroxyl groups is 1. The van der Waals surface area contributed by atoms with Crippen molar-refractivity contribution < 1.29 is 14.6 Å². The average Bonchev–Trinajstić information content (AvgIpc) is 2.36. The molecule has 0 saturated carbocycles. The van der Waals surface area contributed by atoms with Crippen LogP contribution in [0.3, 0.4) is 0 Å². The van der Waals surface area contributed by atoms with E-state index < -0.39 is 0 Å². The van der Waals surface area contributed by atoms with Crippen molar-refractivity contribution in [3.8, 4) is 5.75 Å². The van der Waals surface area contributed by atoms with E-state index in [9.17, 15) is 4.79 Å². The Bertz CT molecular complexity index is 365. The maximum atomic E-state index is 11.6. The van der Waals surface area contributed by atoms with Crippen molar-refractivity contribution in [3.63, 3.8) is 0 Å². The number of aliphatic hydroxyl groups excluding tert-OH is 1. The van der Waals surface area contributed by atoms with Crippen LogP contribution in [0.5, 0.6) is 5.75 Å². The van der Waals surface area contributed by atoms with E-state index >= 15 is 0 Å². The second-order valence-corrected chi connectivity index (χ2v) is 3.79. The molecule has 1 N–H and O–H groups in total. The molecule has 1 amide bonds. The molecule has 0 radical (unpaired) electrons. The molecule has 0 heterocycles. The molecule has 4 nitrogen and oxygen atoms in total. The zero-order valence-electron chi connectivity index (χ0n) is 10.3. The summed E-state index contributed by atoms with van der Waals surface area (Å²) in [5, 5.41) is 8.72. The lowest BCUT2D eigenvalue weighted by molar-refractivity contribution is -0.132. The summed E-state index contributed by atoms with van der Waals surface area (Å²) in [5.74, 6) is 0.616. The van der Waals surface area contributed by atoms with E-state index in [1.165, 1.54) is 4.90 Å². The van der Waals surface area contributed by atoms with Crippen LogP contribution in [0.2, 0.25) is 0 Å². The quantitative estimate of drug-likeness (QED) is 0.805. The van der Waals surface area contributed by atoms with Crippen LogP contribution >= 0.6 is 0 Å². The number of para-hydroxylation sites is 1.